The van der Waals surface area contributed by atoms with Crippen molar-refractivity contribution in [3.05, 3.63) is 168 Å². The Bertz CT molecular complexity index is 2200. The molecule has 1 saturated heterocycles. The molecule has 15 heteroatoms. The number of nitro groups is 1. The topological polar surface area (TPSA) is 168 Å². The molecule has 6 rings (SSSR count). The Labute approximate surface area is 337 Å². The van der Waals surface area contributed by atoms with Crippen LogP contribution >= 0.6 is 7.87 Å². The number of aromatic amines is 1. The Kier molecular flexibility index (Phi) is 13.6. The van der Waals surface area contributed by atoms with Crippen molar-refractivity contribution >= 4 is 13.6 Å². The van der Waals surface area contributed by atoms with Crippen LogP contribution in [-0.2, 0) is 26.0 Å². The van der Waals surface area contributed by atoms with Crippen molar-refractivity contribution in [3.8, 4) is 11.5 Å². The monoisotopic (exact) mass is 814 g/mol. The van der Waals surface area contributed by atoms with Gasteiger partial charge >= 0.3 is 338 Å². The van der Waals surface area contributed by atoms with Crippen molar-refractivity contribution in [2.45, 2.75) is 57.6 Å². The average Bonchev–Trinajstić information content (AvgIpc) is 3.64. The number of nitro benzene ring substituents is 1. The molecule has 0 aliphatic carbocycles. The predicted octanol–water partition coefficient (Wildman–Crippen LogP) is 6.52. The molecule has 5 aromatic rings. The summed E-state index contributed by atoms with van der Waals surface area (Å²) in [6.07, 6.45) is -0.144. The van der Waals surface area contributed by atoms with E-state index in [1.807, 2.05) is 97.4 Å². The summed E-state index contributed by atoms with van der Waals surface area (Å²) in [5.74, 6) is 1.35. The number of nitrogens with one attached hydrogen (secondary N) is 1. The van der Waals surface area contributed by atoms with Gasteiger partial charge in [0, 0.05) is 0 Å². The Balaban J connectivity index is 1.41. The quantitative estimate of drug-likeness (QED) is 0.0428. The average molecular weight is 815 g/mol. The molecule has 58 heavy (non-hydrogen) atoms. The number of hydrogen-bond acceptors (Lipinski definition) is 11. The van der Waals surface area contributed by atoms with Gasteiger partial charge in [-0.2, -0.15) is 0 Å². The maximum atomic E-state index is 13.2. The number of H-pyrrole nitrogens is 1. The van der Waals surface area contributed by atoms with Crippen LogP contribution in [0.1, 0.15) is 54.3 Å². The molecule has 3 atom stereocenters. The number of methoxy groups -OCH3 is 2. The number of rotatable bonds is 18. The molecule has 4 aromatic carbocycles. The summed E-state index contributed by atoms with van der Waals surface area (Å²) < 4.78 is 35.1. The molecule has 0 bridgehead atoms. The predicted molar refractivity (Wildman–Crippen MR) is 223 cm³/mol. The van der Waals surface area contributed by atoms with Crippen LogP contribution in [0, 0.1) is 17.0 Å². The van der Waals surface area contributed by atoms with Gasteiger partial charge < -0.3 is 0 Å². The summed E-state index contributed by atoms with van der Waals surface area (Å²) in [5.41, 5.74) is 1.26. The zero-order valence-electron chi connectivity index (χ0n) is 33.3. The minimum atomic E-state index is -3.76. The first-order chi connectivity index (χ1) is 27.9. The second-order valence-corrected chi connectivity index (χ2v) is 17.0. The van der Waals surface area contributed by atoms with E-state index in [1.54, 1.807) is 33.3 Å². The Hall–Kier alpha value is -5.21. The minimum absolute atomic E-state index is 0.0168. The van der Waals surface area contributed by atoms with Crippen LogP contribution in [0.2, 0.25) is 0 Å². The van der Waals surface area contributed by atoms with E-state index in [0.29, 0.717) is 36.6 Å². The van der Waals surface area contributed by atoms with Gasteiger partial charge in [-0.25, -0.2) is 0 Å². The zero-order chi connectivity index (χ0) is 41.5. The van der Waals surface area contributed by atoms with Crippen molar-refractivity contribution in [3.63, 3.8) is 0 Å². The summed E-state index contributed by atoms with van der Waals surface area (Å²) in [4.78, 5) is 51.4. The van der Waals surface area contributed by atoms with Crippen LogP contribution in [0.3, 0.4) is 0 Å². The first kappa shape index (κ1) is 42.4. The molecule has 1 aliphatic heterocycles. The number of nitrogens with zero attached hydrogens (tertiary/aromatic N) is 3. The molecule has 2 heterocycles. The van der Waals surface area contributed by atoms with Crippen LogP contribution in [0.15, 0.2) is 119 Å². The molecule has 0 amide bonds. The molecule has 0 unspecified atom stereocenters. The number of non-ortho nitro benzene ring substituents is 1. The van der Waals surface area contributed by atoms with Crippen molar-refractivity contribution in [2.75, 3.05) is 40.1 Å². The first-order valence-electron chi connectivity index (χ1n) is 19.3. The number of aryl methyl sites for hydroxylation is 2. The Morgan fingerprint density at radius 1 is 0.897 bits per heavy atom. The standard InChI is InChI=1S/C43H51N4O10P/c1-6-45(7-2)58(52,26-25-31-13-19-35(20-14-31)47(50)51)57-38-27-40(46-28-30(3)41(48)44-42(46)49)56-39(38)29-55-43(32-11-9-8-10-12-32,33-15-21-36(53-4)22-16-33)34-17-23-37(54-5)24-18-34/h8-24,28,38-40,52,58H,6-7,25-27,29H2,1-5H3,(H,44,48,49)/t38-,39+,40+/m0/s1. The molecule has 0 saturated carbocycles. The SMILES string of the molecule is CCN(CC)[PH](O)(CCc1ccc([N+](=O)[O-])cc1)O[C@H]1C[C@H](n2cc(C)c(=O)[nH]c2=O)O[C@@H]1COC(c1ccccc1)(c1ccc(OC)cc1)c1ccc(OC)cc1. The van der Waals surface area contributed by atoms with Crippen LogP contribution in [0.25, 0.3) is 0 Å². The van der Waals surface area contributed by atoms with Gasteiger partial charge in [0.05, 0.1) is 0 Å². The van der Waals surface area contributed by atoms with Gasteiger partial charge in [0.15, 0.2) is 0 Å². The van der Waals surface area contributed by atoms with E-state index < -0.39 is 48.1 Å². The van der Waals surface area contributed by atoms with Gasteiger partial charge in [-0.3, -0.25) is 0 Å². The molecule has 2 N–H and O–H groups in total. The normalized spacial score (nSPS) is 17.3. The fourth-order valence-corrected chi connectivity index (χ4v) is 10.5. The third-order valence-electron chi connectivity index (χ3n) is 10.8. The van der Waals surface area contributed by atoms with Crippen molar-refractivity contribution < 1.29 is 33.3 Å². The van der Waals surface area contributed by atoms with Crippen molar-refractivity contribution in [2.24, 2.45) is 0 Å². The molecular formula is C43H51N4O10P. The van der Waals surface area contributed by atoms with Gasteiger partial charge in [0.25, 0.3) is 0 Å². The first-order valence-corrected chi connectivity index (χ1v) is 21.3. The van der Waals surface area contributed by atoms with Gasteiger partial charge in [-0.05, 0) is 0 Å². The molecule has 308 valence electrons. The number of aromatic nitrogens is 2. The van der Waals surface area contributed by atoms with Gasteiger partial charge in [-0.15, -0.1) is 0 Å². The number of hydrogen-bond donors (Lipinski definition) is 2. The van der Waals surface area contributed by atoms with Gasteiger partial charge in [0.2, 0.25) is 0 Å². The third kappa shape index (κ3) is 9.07. The summed E-state index contributed by atoms with van der Waals surface area (Å²) >= 11 is 0. The number of ether oxygens (including phenoxy) is 4. The zero-order valence-corrected chi connectivity index (χ0v) is 34.3. The second kappa shape index (κ2) is 18.6. The van der Waals surface area contributed by atoms with E-state index in [0.717, 1.165) is 22.3 Å². The van der Waals surface area contributed by atoms with Crippen LogP contribution in [0.4, 0.5) is 5.69 Å². The Morgan fingerprint density at radius 3 is 2.00 bits per heavy atom. The van der Waals surface area contributed by atoms with Gasteiger partial charge in [-0.1, -0.05) is 0 Å². The fraction of sp³-hybridized carbons (Fsp3) is 0.349. The van der Waals surface area contributed by atoms with E-state index in [-0.39, 0.29) is 24.9 Å². The van der Waals surface area contributed by atoms with E-state index in [9.17, 15) is 24.6 Å². The summed E-state index contributed by atoms with van der Waals surface area (Å²) in [6, 6.07) is 31.4. The second-order valence-electron chi connectivity index (χ2n) is 14.2. The van der Waals surface area contributed by atoms with E-state index in [1.165, 1.54) is 22.9 Å². The van der Waals surface area contributed by atoms with Crippen molar-refractivity contribution in [1.29, 1.82) is 0 Å². The molecule has 1 aliphatic rings. The molecule has 1 fully saturated rings. The van der Waals surface area contributed by atoms with Gasteiger partial charge in [0.1, 0.15) is 0 Å². The summed E-state index contributed by atoms with van der Waals surface area (Å²) in [7, 11) is -0.548. The van der Waals surface area contributed by atoms with Crippen LogP contribution < -0.4 is 20.7 Å². The molecule has 0 radical (unpaired) electrons. The fourth-order valence-electron chi connectivity index (χ4n) is 7.57. The molecular weight excluding hydrogens is 763 g/mol. The van der Waals surface area contributed by atoms with Crippen molar-refractivity contribution in [1.82, 2.24) is 14.2 Å². The molecule has 1 aromatic heterocycles. The maximum absolute atomic E-state index is 13.2. The summed E-state index contributed by atoms with van der Waals surface area (Å²) in [5, 5.41) is 11.3. The summed E-state index contributed by atoms with van der Waals surface area (Å²) in [6.45, 7) is 6.47. The molecule has 0 spiro atoms. The number of benzene rings is 4. The van der Waals surface area contributed by atoms with E-state index >= 15 is 0 Å². The van der Waals surface area contributed by atoms with Crippen LogP contribution in [0.5, 0.6) is 11.5 Å². The third-order valence-corrected chi connectivity index (χ3v) is 14.0. The van der Waals surface area contributed by atoms with E-state index in [4.69, 9.17) is 23.5 Å². The molecule has 14 nitrogen and oxygen atoms in total. The van der Waals surface area contributed by atoms with E-state index in [2.05, 4.69) is 4.98 Å². The van der Waals surface area contributed by atoms with Crippen LogP contribution in [-0.4, -0.2) is 76.3 Å². The Morgan fingerprint density at radius 2 is 1.47 bits per heavy atom.